The molecule has 17 heavy (non-hydrogen) atoms. The van der Waals surface area contributed by atoms with Crippen molar-refractivity contribution in [1.82, 2.24) is 9.78 Å². The van der Waals surface area contributed by atoms with Gasteiger partial charge in [-0.05, 0) is 53.5 Å². The van der Waals surface area contributed by atoms with Gasteiger partial charge in [-0.1, -0.05) is 0 Å². The lowest BCUT2D eigenvalue weighted by atomic mass is 10.1. The molecule has 2 aromatic rings. The van der Waals surface area contributed by atoms with Gasteiger partial charge in [0, 0.05) is 6.54 Å². The molecule has 0 fully saturated rings. The van der Waals surface area contributed by atoms with Gasteiger partial charge in [0.05, 0.1) is 21.5 Å². The van der Waals surface area contributed by atoms with Gasteiger partial charge in [-0.3, -0.25) is 0 Å². The molecule has 0 atom stereocenters. The normalized spacial score (nSPS) is 10.9. The van der Waals surface area contributed by atoms with Crippen LogP contribution in [0.15, 0.2) is 22.7 Å². The SMILES string of the molecule is Cc1nn(-c2ccc(F)cc2CN)c(C)c1Br. The summed E-state index contributed by atoms with van der Waals surface area (Å²) in [5, 5.41) is 4.41. The van der Waals surface area contributed by atoms with Gasteiger partial charge in [0.1, 0.15) is 5.82 Å². The van der Waals surface area contributed by atoms with Crippen LogP contribution in [0.4, 0.5) is 4.39 Å². The highest BCUT2D eigenvalue weighted by Gasteiger charge is 2.13. The molecule has 0 unspecified atom stereocenters. The van der Waals surface area contributed by atoms with E-state index >= 15 is 0 Å². The summed E-state index contributed by atoms with van der Waals surface area (Å²) >= 11 is 3.47. The summed E-state index contributed by atoms with van der Waals surface area (Å²) in [6.45, 7) is 4.15. The van der Waals surface area contributed by atoms with Gasteiger partial charge in [-0.15, -0.1) is 0 Å². The van der Waals surface area contributed by atoms with Crippen LogP contribution in [0.25, 0.3) is 5.69 Å². The molecule has 0 aliphatic carbocycles. The van der Waals surface area contributed by atoms with Crippen LogP contribution in [0, 0.1) is 19.7 Å². The maximum atomic E-state index is 13.1. The van der Waals surface area contributed by atoms with Crippen LogP contribution in [0.3, 0.4) is 0 Å². The Labute approximate surface area is 108 Å². The standard InChI is InChI=1S/C12H13BrFN3/c1-7-12(13)8(2)17(16-7)11-4-3-10(14)5-9(11)6-15/h3-5H,6,15H2,1-2H3. The average molecular weight is 298 g/mol. The van der Waals surface area contributed by atoms with Gasteiger partial charge in [0.2, 0.25) is 0 Å². The predicted molar refractivity (Wildman–Crippen MR) is 68.6 cm³/mol. The zero-order valence-corrected chi connectivity index (χ0v) is 11.3. The van der Waals surface area contributed by atoms with Gasteiger partial charge < -0.3 is 5.73 Å². The first-order chi connectivity index (χ1) is 8.04. The Morgan fingerprint density at radius 3 is 2.65 bits per heavy atom. The van der Waals surface area contributed by atoms with Crippen LogP contribution in [0.5, 0.6) is 0 Å². The molecule has 2 rings (SSSR count). The molecule has 0 amide bonds. The van der Waals surface area contributed by atoms with Crippen LogP contribution in [0.1, 0.15) is 17.0 Å². The molecular formula is C12H13BrFN3. The van der Waals surface area contributed by atoms with E-state index in [1.54, 1.807) is 10.7 Å². The summed E-state index contributed by atoms with van der Waals surface area (Å²) in [4.78, 5) is 0. The minimum atomic E-state index is -0.283. The topological polar surface area (TPSA) is 43.8 Å². The molecule has 0 bridgehead atoms. The van der Waals surface area contributed by atoms with E-state index in [-0.39, 0.29) is 12.4 Å². The van der Waals surface area contributed by atoms with Crippen molar-refractivity contribution in [2.45, 2.75) is 20.4 Å². The average Bonchev–Trinajstić information content (AvgIpc) is 2.57. The van der Waals surface area contributed by atoms with Crippen LogP contribution in [-0.4, -0.2) is 9.78 Å². The molecule has 0 aliphatic heterocycles. The summed E-state index contributed by atoms with van der Waals surface area (Å²) < 4.78 is 15.9. The monoisotopic (exact) mass is 297 g/mol. The highest BCUT2D eigenvalue weighted by atomic mass is 79.9. The third kappa shape index (κ3) is 2.12. The Morgan fingerprint density at radius 1 is 1.41 bits per heavy atom. The van der Waals surface area contributed by atoms with Crippen molar-refractivity contribution >= 4 is 15.9 Å². The Hall–Kier alpha value is -1.20. The first-order valence-electron chi connectivity index (χ1n) is 5.25. The summed E-state index contributed by atoms with van der Waals surface area (Å²) in [5.74, 6) is -0.283. The number of aryl methyl sites for hydroxylation is 1. The van der Waals surface area contributed by atoms with Crippen molar-refractivity contribution in [2.24, 2.45) is 5.73 Å². The van der Waals surface area contributed by atoms with Crippen molar-refractivity contribution in [3.05, 3.63) is 45.4 Å². The Balaban J connectivity index is 2.64. The Morgan fingerprint density at radius 2 is 2.12 bits per heavy atom. The Kier molecular flexibility index (Phi) is 3.31. The minimum absolute atomic E-state index is 0.281. The lowest BCUT2D eigenvalue weighted by molar-refractivity contribution is 0.624. The van der Waals surface area contributed by atoms with Crippen molar-refractivity contribution < 1.29 is 4.39 Å². The smallest absolute Gasteiger partial charge is 0.123 e. The number of aromatic nitrogens is 2. The van der Waals surface area contributed by atoms with Gasteiger partial charge in [0.25, 0.3) is 0 Å². The van der Waals surface area contributed by atoms with Crippen molar-refractivity contribution in [3.63, 3.8) is 0 Å². The molecule has 5 heteroatoms. The van der Waals surface area contributed by atoms with E-state index in [0.717, 1.165) is 27.1 Å². The van der Waals surface area contributed by atoms with E-state index < -0.39 is 0 Å². The first-order valence-corrected chi connectivity index (χ1v) is 6.04. The number of hydrogen-bond acceptors (Lipinski definition) is 2. The number of benzene rings is 1. The fraction of sp³-hybridized carbons (Fsp3) is 0.250. The number of halogens is 2. The first kappa shape index (κ1) is 12.3. The number of hydrogen-bond donors (Lipinski definition) is 1. The summed E-state index contributed by atoms with van der Waals surface area (Å²) in [7, 11) is 0. The summed E-state index contributed by atoms with van der Waals surface area (Å²) in [6.07, 6.45) is 0. The van der Waals surface area contributed by atoms with Crippen molar-refractivity contribution in [2.75, 3.05) is 0 Å². The maximum Gasteiger partial charge on any atom is 0.123 e. The minimum Gasteiger partial charge on any atom is -0.326 e. The largest absolute Gasteiger partial charge is 0.326 e. The van der Waals surface area contributed by atoms with E-state index in [1.807, 2.05) is 13.8 Å². The number of nitrogens with two attached hydrogens (primary N) is 1. The van der Waals surface area contributed by atoms with Crippen LogP contribution >= 0.6 is 15.9 Å². The lowest BCUT2D eigenvalue weighted by Crippen LogP contribution is -2.07. The maximum absolute atomic E-state index is 13.1. The highest BCUT2D eigenvalue weighted by molar-refractivity contribution is 9.10. The molecule has 1 heterocycles. The van der Waals surface area contributed by atoms with E-state index in [4.69, 9.17) is 5.73 Å². The summed E-state index contributed by atoms with van der Waals surface area (Å²) in [6, 6.07) is 4.56. The summed E-state index contributed by atoms with van der Waals surface area (Å²) in [5.41, 5.74) is 9.06. The molecule has 0 aliphatic rings. The fourth-order valence-corrected chi connectivity index (χ4v) is 2.03. The van der Waals surface area contributed by atoms with Gasteiger partial charge in [-0.25, -0.2) is 9.07 Å². The fourth-order valence-electron chi connectivity index (χ4n) is 1.78. The van der Waals surface area contributed by atoms with Crippen LogP contribution in [0.2, 0.25) is 0 Å². The highest BCUT2D eigenvalue weighted by Crippen LogP contribution is 2.24. The molecular weight excluding hydrogens is 285 g/mol. The number of nitrogens with zero attached hydrogens (tertiary/aromatic N) is 2. The molecule has 90 valence electrons. The van der Waals surface area contributed by atoms with Gasteiger partial charge in [0.15, 0.2) is 0 Å². The lowest BCUT2D eigenvalue weighted by Gasteiger charge is -2.09. The molecule has 3 nitrogen and oxygen atoms in total. The Bertz CT molecular complexity index is 563. The molecule has 1 aromatic heterocycles. The molecule has 2 N–H and O–H groups in total. The zero-order valence-electron chi connectivity index (χ0n) is 9.67. The third-order valence-corrected chi connectivity index (χ3v) is 3.84. The van der Waals surface area contributed by atoms with E-state index in [9.17, 15) is 4.39 Å². The third-order valence-electron chi connectivity index (χ3n) is 2.69. The number of rotatable bonds is 2. The zero-order chi connectivity index (χ0) is 12.6. The second-order valence-electron chi connectivity index (χ2n) is 3.87. The van der Waals surface area contributed by atoms with Crippen LogP contribution < -0.4 is 5.73 Å². The molecule has 0 saturated heterocycles. The van der Waals surface area contributed by atoms with Crippen LogP contribution in [-0.2, 0) is 6.54 Å². The second-order valence-corrected chi connectivity index (χ2v) is 4.67. The van der Waals surface area contributed by atoms with E-state index in [2.05, 4.69) is 21.0 Å². The molecule has 1 aromatic carbocycles. The quantitative estimate of drug-likeness (QED) is 0.926. The molecule has 0 radical (unpaired) electrons. The van der Waals surface area contributed by atoms with E-state index in [0.29, 0.717) is 0 Å². The van der Waals surface area contributed by atoms with Crippen molar-refractivity contribution in [1.29, 1.82) is 0 Å². The van der Waals surface area contributed by atoms with Gasteiger partial charge >= 0.3 is 0 Å². The molecule has 0 spiro atoms. The molecule has 0 saturated carbocycles. The van der Waals surface area contributed by atoms with Gasteiger partial charge in [-0.2, -0.15) is 5.10 Å². The van der Waals surface area contributed by atoms with E-state index in [1.165, 1.54) is 12.1 Å². The predicted octanol–water partition coefficient (Wildman–Crippen LogP) is 2.85. The second kappa shape index (κ2) is 4.58. The van der Waals surface area contributed by atoms with Crippen molar-refractivity contribution in [3.8, 4) is 5.69 Å².